The molecule has 19 heavy (non-hydrogen) atoms. The highest BCUT2D eigenvalue weighted by Crippen LogP contribution is 2.35. The zero-order valence-corrected chi connectivity index (χ0v) is 13.7. The second-order valence-electron chi connectivity index (χ2n) is 4.83. The highest BCUT2D eigenvalue weighted by atomic mass is 35.5. The van der Waals surface area contributed by atoms with E-state index in [2.05, 4.69) is 30.3 Å². The van der Waals surface area contributed by atoms with E-state index in [1.54, 1.807) is 0 Å². The highest BCUT2D eigenvalue weighted by Gasteiger charge is 2.28. The number of imidazole rings is 1. The third kappa shape index (κ3) is 2.32. The number of aromatic amines is 1. The second kappa shape index (κ2) is 5.47. The quantitative estimate of drug-likeness (QED) is 0.693. The fourth-order valence-corrected chi connectivity index (χ4v) is 3.52. The van der Waals surface area contributed by atoms with E-state index in [0.29, 0.717) is 10.0 Å². The predicted octanol–water partition coefficient (Wildman–Crippen LogP) is 5.93. The fourth-order valence-electron chi connectivity index (χ4n) is 2.80. The molecule has 0 spiro atoms. The van der Waals surface area contributed by atoms with Crippen molar-refractivity contribution in [1.29, 1.82) is 0 Å². The van der Waals surface area contributed by atoms with Gasteiger partial charge in [-0.05, 0) is 43.6 Å². The van der Waals surface area contributed by atoms with Crippen LogP contribution in [0.15, 0.2) is 12.1 Å². The Kier molecular flexibility index (Phi) is 4.29. The van der Waals surface area contributed by atoms with Gasteiger partial charge in [0.2, 0.25) is 0 Å². The van der Waals surface area contributed by atoms with E-state index in [0.717, 1.165) is 35.1 Å². The zero-order valence-electron chi connectivity index (χ0n) is 11.4. The maximum Gasteiger partial charge on any atom is 0.178 e. The molecule has 0 aliphatic rings. The van der Waals surface area contributed by atoms with Crippen LogP contribution < -0.4 is 0 Å². The molecule has 2 rings (SSSR count). The molecule has 1 aromatic carbocycles. The summed E-state index contributed by atoms with van der Waals surface area (Å²) in [7, 11) is 0. The minimum Gasteiger partial charge on any atom is -0.331 e. The van der Waals surface area contributed by atoms with Gasteiger partial charge < -0.3 is 9.55 Å². The number of aromatic nitrogens is 2. The van der Waals surface area contributed by atoms with Crippen molar-refractivity contribution in [3.05, 3.63) is 26.9 Å². The van der Waals surface area contributed by atoms with Gasteiger partial charge in [0.05, 0.1) is 21.1 Å². The van der Waals surface area contributed by atoms with Crippen LogP contribution in [0.5, 0.6) is 0 Å². The van der Waals surface area contributed by atoms with Crippen molar-refractivity contribution in [2.75, 3.05) is 0 Å². The van der Waals surface area contributed by atoms with E-state index in [9.17, 15) is 0 Å². The Hall–Kier alpha value is -0.510. The van der Waals surface area contributed by atoms with Crippen LogP contribution in [-0.2, 0) is 5.54 Å². The summed E-state index contributed by atoms with van der Waals surface area (Å²) in [5, 5.41) is 1.11. The SMILES string of the molecule is CCC(CC)(CC)n1c(=S)[nH]c2cc(Cl)c(Cl)cc21. The Morgan fingerprint density at radius 3 is 2.16 bits per heavy atom. The fraction of sp³-hybridized carbons (Fsp3) is 0.500. The van der Waals surface area contributed by atoms with E-state index in [1.807, 2.05) is 12.1 Å². The number of nitrogens with zero attached hydrogens (tertiary/aromatic N) is 1. The molecule has 0 aliphatic carbocycles. The van der Waals surface area contributed by atoms with Crippen molar-refractivity contribution >= 4 is 46.5 Å². The summed E-state index contributed by atoms with van der Waals surface area (Å²) < 4.78 is 2.94. The predicted molar refractivity (Wildman–Crippen MR) is 86.0 cm³/mol. The molecule has 0 amide bonds. The molecule has 1 aromatic heterocycles. The molecule has 0 saturated carbocycles. The van der Waals surface area contributed by atoms with E-state index in [4.69, 9.17) is 35.4 Å². The first kappa shape index (κ1) is 14.9. The van der Waals surface area contributed by atoms with Gasteiger partial charge in [-0.25, -0.2) is 0 Å². The van der Waals surface area contributed by atoms with Gasteiger partial charge in [-0.1, -0.05) is 44.0 Å². The first-order valence-corrected chi connectivity index (χ1v) is 7.75. The third-order valence-corrected chi connectivity index (χ3v) is 5.18. The Morgan fingerprint density at radius 2 is 1.63 bits per heavy atom. The van der Waals surface area contributed by atoms with E-state index >= 15 is 0 Å². The largest absolute Gasteiger partial charge is 0.331 e. The van der Waals surface area contributed by atoms with Crippen LogP contribution in [-0.4, -0.2) is 9.55 Å². The number of H-pyrrole nitrogens is 1. The molecule has 1 N–H and O–H groups in total. The van der Waals surface area contributed by atoms with E-state index < -0.39 is 0 Å². The first-order valence-electron chi connectivity index (χ1n) is 6.59. The van der Waals surface area contributed by atoms with Gasteiger partial charge in [-0.3, -0.25) is 0 Å². The third-order valence-electron chi connectivity index (χ3n) is 4.17. The van der Waals surface area contributed by atoms with Crippen LogP contribution in [0.25, 0.3) is 11.0 Å². The normalized spacial score (nSPS) is 12.3. The topological polar surface area (TPSA) is 20.7 Å². The number of nitrogens with one attached hydrogen (secondary N) is 1. The summed E-state index contributed by atoms with van der Waals surface area (Å²) in [6.45, 7) is 6.60. The molecule has 0 aliphatic heterocycles. The lowest BCUT2D eigenvalue weighted by atomic mass is 9.89. The van der Waals surface area contributed by atoms with Crippen LogP contribution in [0, 0.1) is 4.77 Å². The average Bonchev–Trinajstić information content (AvgIpc) is 2.70. The van der Waals surface area contributed by atoms with Crippen LogP contribution in [0.4, 0.5) is 0 Å². The number of halogens is 2. The van der Waals surface area contributed by atoms with E-state index in [-0.39, 0.29) is 5.54 Å². The molecular weight excluding hydrogens is 299 g/mol. The van der Waals surface area contributed by atoms with Crippen molar-refractivity contribution in [3.63, 3.8) is 0 Å². The molecule has 2 nitrogen and oxygen atoms in total. The summed E-state index contributed by atoms with van der Waals surface area (Å²) in [6, 6.07) is 3.75. The Balaban J connectivity index is 2.83. The van der Waals surface area contributed by atoms with Gasteiger partial charge >= 0.3 is 0 Å². The van der Waals surface area contributed by atoms with Gasteiger partial charge in [0.25, 0.3) is 0 Å². The molecule has 5 heteroatoms. The van der Waals surface area contributed by atoms with Crippen molar-refractivity contribution in [3.8, 4) is 0 Å². The van der Waals surface area contributed by atoms with Crippen molar-refractivity contribution < 1.29 is 0 Å². The molecule has 0 fully saturated rings. The first-order chi connectivity index (χ1) is 8.99. The number of benzene rings is 1. The molecular formula is C14H18Cl2N2S. The summed E-state index contributed by atoms with van der Waals surface area (Å²) in [6.07, 6.45) is 3.09. The lowest BCUT2D eigenvalue weighted by molar-refractivity contribution is 0.255. The molecule has 0 radical (unpaired) electrons. The van der Waals surface area contributed by atoms with Gasteiger partial charge in [-0.15, -0.1) is 0 Å². The standard InChI is InChI=1S/C14H18Cl2N2S/c1-4-14(5-2,6-3)18-12-8-10(16)9(15)7-11(12)17-13(18)19/h7-8H,4-6H2,1-3H3,(H,17,19). The lowest BCUT2D eigenvalue weighted by Gasteiger charge is -2.33. The molecule has 0 bridgehead atoms. The Labute approximate surface area is 128 Å². The molecule has 0 unspecified atom stereocenters. The van der Waals surface area contributed by atoms with Crippen molar-refractivity contribution in [2.24, 2.45) is 0 Å². The minimum absolute atomic E-state index is 0.0342. The van der Waals surface area contributed by atoms with Crippen LogP contribution >= 0.6 is 35.4 Å². The molecule has 0 saturated heterocycles. The smallest absolute Gasteiger partial charge is 0.178 e. The molecule has 104 valence electrons. The number of fused-ring (bicyclic) bond motifs is 1. The lowest BCUT2D eigenvalue weighted by Crippen LogP contribution is -2.31. The van der Waals surface area contributed by atoms with Gasteiger partial charge in [0, 0.05) is 5.54 Å². The molecule has 0 atom stereocenters. The second-order valence-corrected chi connectivity index (χ2v) is 6.04. The molecule has 2 aromatic rings. The number of hydrogen-bond acceptors (Lipinski definition) is 1. The van der Waals surface area contributed by atoms with Crippen LogP contribution in [0.1, 0.15) is 40.0 Å². The summed E-state index contributed by atoms with van der Waals surface area (Å²) in [4.78, 5) is 3.24. The summed E-state index contributed by atoms with van der Waals surface area (Å²) in [5.74, 6) is 0. The zero-order chi connectivity index (χ0) is 14.2. The van der Waals surface area contributed by atoms with Gasteiger partial charge in [0.15, 0.2) is 4.77 Å². The monoisotopic (exact) mass is 316 g/mol. The van der Waals surface area contributed by atoms with Crippen molar-refractivity contribution in [1.82, 2.24) is 9.55 Å². The number of rotatable bonds is 4. The Bertz CT molecular complexity index is 645. The Morgan fingerprint density at radius 1 is 1.11 bits per heavy atom. The summed E-state index contributed by atoms with van der Waals surface area (Å²) >= 11 is 17.7. The maximum absolute atomic E-state index is 6.16. The van der Waals surface area contributed by atoms with Crippen LogP contribution in [0.3, 0.4) is 0 Å². The van der Waals surface area contributed by atoms with Crippen molar-refractivity contribution in [2.45, 2.75) is 45.6 Å². The minimum atomic E-state index is 0.0342. The molecule has 1 heterocycles. The number of hydrogen-bond donors (Lipinski definition) is 1. The van der Waals surface area contributed by atoms with E-state index in [1.165, 1.54) is 0 Å². The average molecular weight is 317 g/mol. The van der Waals surface area contributed by atoms with Gasteiger partial charge in [-0.2, -0.15) is 0 Å². The van der Waals surface area contributed by atoms with Crippen LogP contribution in [0.2, 0.25) is 10.0 Å². The highest BCUT2D eigenvalue weighted by molar-refractivity contribution is 7.71. The maximum atomic E-state index is 6.16. The van der Waals surface area contributed by atoms with Gasteiger partial charge in [0.1, 0.15) is 0 Å². The summed E-state index contributed by atoms with van der Waals surface area (Å²) in [5.41, 5.74) is 2.01.